The average Bonchev–Trinajstić information content (AvgIpc) is 2.41. The van der Waals surface area contributed by atoms with E-state index in [-0.39, 0.29) is 17.7 Å². The number of hydrogen-bond acceptors (Lipinski definition) is 2. The van der Waals surface area contributed by atoms with E-state index in [1.54, 1.807) is 4.90 Å². The SMILES string of the molecule is CCC1C(=O)NC(C(C)C)C(=O)N1c1ccccc1Br. The van der Waals surface area contributed by atoms with Gasteiger partial charge in [-0.15, -0.1) is 0 Å². The van der Waals surface area contributed by atoms with Gasteiger partial charge in [-0.25, -0.2) is 0 Å². The second-order valence-electron chi connectivity index (χ2n) is 5.31. The Hall–Kier alpha value is -1.36. The van der Waals surface area contributed by atoms with Crippen molar-refractivity contribution in [2.75, 3.05) is 4.90 Å². The van der Waals surface area contributed by atoms with E-state index in [1.807, 2.05) is 45.0 Å². The molecule has 0 aromatic heterocycles. The minimum absolute atomic E-state index is 0.0432. The molecule has 2 unspecified atom stereocenters. The second kappa shape index (κ2) is 5.95. The van der Waals surface area contributed by atoms with Crippen molar-refractivity contribution in [1.29, 1.82) is 0 Å². The van der Waals surface area contributed by atoms with Gasteiger partial charge >= 0.3 is 0 Å². The molecule has 1 aliphatic heterocycles. The highest BCUT2D eigenvalue weighted by Gasteiger charge is 2.42. The van der Waals surface area contributed by atoms with Gasteiger partial charge in [0.15, 0.2) is 0 Å². The standard InChI is InChI=1S/C15H19BrN2O2/c1-4-11-14(19)17-13(9(2)3)15(20)18(11)12-8-6-5-7-10(12)16/h5-9,11,13H,4H2,1-3H3,(H,17,19). The summed E-state index contributed by atoms with van der Waals surface area (Å²) in [5.74, 6) is -0.0610. The number of nitrogens with zero attached hydrogens (tertiary/aromatic N) is 1. The molecule has 1 fully saturated rings. The molecule has 108 valence electrons. The maximum Gasteiger partial charge on any atom is 0.250 e. The Kier molecular flexibility index (Phi) is 4.48. The van der Waals surface area contributed by atoms with Crippen molar-refractivity contribution >= 4 is 33.4 Å². The van der Waals surface area contributed by atoms with Crippen LogP contribution in [0.15, 0.2) is 28.7 Å². The molecule has 2 amide bonds. The molecular formula is C15H19BrN2O2. The number of carbonyl (C=O) groups excluding carboxylic acids is 2. The molecule has 2 rings (SSSR count). The van der Waals surface area contributed by atoms with Crippen molar-refractivity contribution in [1.82, 2.24) is 5.32 Å². The van der Waals surface area contributed by atoms with Gasteiger partial charge in [0, 0.05) is 4.47 Å². The molecule has 5 heteroatoms. The average molecular weight is 339 g/mol. The van der Waals surface area contributed by atoms with Gasteiger partial charge in [-0.05, 0) is 40.4 Å². The molecule has 1 saturated heterocycles. The first kappa shape index (κ1) is 15.0. The Labute approximate surface area is 127 Å². The topological polar surface area (TPSA) is 49.4 Å². The van der Waals surface area contributed by atoms with Gasteiger partial charge in [-0.3, -0.25) is 14.5 Å². The summed E-state index contributed by atoms with van der Waals surface area (Å²) in [6.07, 6.45) is 0.587. The summed E-state index contributed by atoms with van der Waals surface area (Å²) in [4.78, 5) is 26.6. The number of halogens is 1. The second-order valence-corrected chi connectivity index (χ2v) is 6.17. The van der Waals surface area contributed by atoms with Crippen molar-refractivity contribution in [2.45, 2.75) is 39.3 Å². The van der Waals surface area contributed by atoms with Gasteiger partial charge in [0.05, 0.1) is 5.69 Å². The lowest BCUT2D eigenvalue weighted by Crippen LogP contribution is -2.65. The summed E-state index contributed by atoms with van der Waals surface area (Å²) in [6, 6.07) is 6.60. The molecule has 0 radical (unpaired) electrons. The fourth-order valence-corrected chi connectivity index (χ4v) is 2.96. The van der Waals surface area contributed by atoms with E-state index in [9.17, 15) is 9.59 Å². The molecule has 1 aromatic carbocycles. The van der Waals surface area contributed by atoms with Crippen LogP contribution in [0.25, 0.3) is 0 Å². The van der Waals surface area contributed by atoms with Crippen LogP contribution in [0, 0.1) is 5.92 Å². The van der Waals surface area contributed by atoms with Crippen LogP contribution in [-0.4, -0.2) is 23.9 Å². The van der Waals surface area contributed by atoms with E-state index in [0.29, 0.717) is 6.42 Å². The lowest BCUT2D eigenvalue weighted by molar-refractivity contribution is -0.134. The largest absolute Gasteiger partial charge is 0.342 e. The zero-order chi connectivity index (χ0) is 14.9. The van der Waals surface area contributed by atoms with Gasteiger partial charge in [-0.1, -0.05) is 32.9 Å². The van der Waals surface area contributed by atoms with Gasteiger partial charge < -0.3 is 5.32 Å². The number of rotatable bonds is 3. The Morgan fingerprint density at radius 1 is 1.30 bits per heavy atom. The van der Waals surface area contributed by atoms with Crippen molar-refractivity contribution in [3.63, 3.8) is 0 Å². The number of piperazine rings is 1. The van der Waals surface area contributed by atoms with E-state index in [0.717, 1.165) is 10.2 Å². The number of benzene rings is 1. The fourth-order valence-electron chi connectivity index (χ4n) is 2.49. The number of carbonyl (C=O) groups is 2. The van der Waals surface area contributed by atoms with Crippen LogP contribution in [-0.2, 0) is 9.59 Å². The van der Waals surface area contributed by atoms with Crippen LogP contribution in [0.1, 0.15) is 27.2 Å². The molecule has 1 aromatic rings. The zero-order valence-corrected chi connectivity index (χ0v) is 13.5. The van der Waals surface area contributed by atoms with Gasteiger partial charge in [-0.2, -0.15) is 0 Å². The van der Waals surface area contributed by atoms with E-state index in [1.165, 1.54) is 0 Å². The first-order chi connectivity index (χ1) is 9.47. The smallest absolute Gasteiger partial charge is 0.250 e. The summed E-state index contributed by atoms with van der Waals surface area (Å²) in [5, 5.41) is 2.84. The summed E-state index contributed by atoms with van der Waals surface area (Å²) < 4.78 is 0.823. The van der Waals surface area contributed by atoms with E-state index >= 15 is 0 Å². The number of hydrogen-bond donors (Lipinski definition) is 1. The molecule has 0 aliphatic carbocycles. The molecule has 1 N–H and O–H groups in total. The number of amides is 2. The van der Waals surface area contributed by atoms with Crippen LogP contribution in [0.3, 0.4) is 0 Å². The molecule has 0 spiro atoms. The molecule has 1 heterocycles. The third kappa shape index (κ3) is 2.59. The van der Waals surface area contributed by atoms with Gasteiger partial charge in [0.2, 0.25) is 5.91 Å². The van der Waals surface area contributed by atoms with Crippen LogP contribution < -0.4 is 10.2 Å². The maximum absolute atomic E-state index is 12.7. The third-order valence-electron chi connectivity index (χ3n) is 3.58. The predicted octanol–water partition coefficient (Wildman–Crippen LogP) is 2.72. The highest BCUT2D eigenvalue weighted by atomic mass is 79.9. The number of nitrogens with one attached hydrogen (secondary N) is 1. The first-order valence-electron chi connectivity index (χ1n) is 6.85. The van der Waals surface area contributed by atoms with E-state index in [4.69, 9.17) is 0 Å². The molecule has 0 saturated carbocycles. The maximum atomic E-state index is 12.7. The molecule has 4 nitrogen and oxygen atoms in total. The van der Waals surface area contributed by atoms with Gasteiger partial charge in [0.1, 0.15) is 12.1 Å². The minimum Gasteiger partial charge on any atom is -0.342 e. The lowest BCUT2D eigenvalue weighted by Gasteiger charge is -2.40. The summed E-state index contributed by atoms with van der Waals surface area (Å²) in [5.41, 5.74) is 0.754. The summed E-state index contributed by atoms with van der Waals surface area (Å²) >= 11 is 3.47. The van der Waals surface area contributed by atoms with Crippen LogP contribution >= 0.6 is 15.9 Å². The Bertz CT molecular complexity index is 530. The van der Waals surface area contributed by atoms with Crippen molar-refractivity contribution in [3.8, 4) is 0 Å². The van der Waals surface area contributed by atoms with Crippen molar-refractivity contribution < 1.29 is 9.59 Å². The normalized spacial score (nSPS) is 23.1. The predicted molar refractivity (Wildman–Crippen MR) is 82.5 cm³/mol. The van der Waals surface area contributed by atoms with Crippen molar-refractivity contribution in [2.24, 2.45) is 5.92 Å². The van der Waals surface area contributed by atoms with Crippen LogP contribution in [0.4, 0.5) is 5.69 Å². The molecule has 0 bridgehead atoms. The minimum atomic E-state index is -0.461. The lowest BCUT2D eigenvalue weighted by atomic mass is 9.96. The molecular weight excluding hydrogens is 320 g/mol. The Morgan fingerprint density at radius 3 is 2.50 bits per heavy atom. The Morgan fingerprint density at radius 2 is 1.95 bits per heavy atom. The highest BCUT2D eigenvalue weighted by Crippen LogP contribution is 2.31. The summed E-state index contributed by atoms with van der Waals surface area (Å²) in [6.45, 7) is 5.79. The van der Waals surface area contributed by atoms with Crippen molar-refractivity contribution in [3.05, 3.63) is 28.7 Å². The Balaban J connectivity index is 2.47. The highest BCUT2D eigenvalue weighted by molar-refractivity contribution is 9.10. The van der Waals surface area contributed by atoms with Crippen LogP contribution in [0.5, 0.6) is 0 Å². The number of anilines is 1. The molecule has 1 aliphatic rings. The monoisotopic (exact) mass is 338 g/mol. The number of para-hydroxylation sites is 1. The quantitative estimate of drug-likeness (QED) is 0.921. The third-order valence-corrected chi connectivity index (χ3v) is 4.25. The molecule has 2 atom stereocenters. The van der Waals surface area contributed by atoms with E-state index in [2.05, 4.69) is 21.2 Å². The zero-order valence-electron chi connectivity index (χ0n) is 11.9. The fraction of sp³-hybridized carbons (Fsp3) is 0.467. The van der Waals surface area contributed by atoms with Gasteiger partial charge in [0.25, 0.3) is 5.91 Å². The first-order valence-corrected chi connectivity index (χ1v) is 7.64. The molecule has 20 heavy (non-hydrogen) atoms. The van der Waals surface area contributed by atoms with E-state index < -0.39 is 12.1 Å². The van der Waals surface area contributed by atoms with Crippen LogP contribution in [0.2, 0.25) is 0 Å². The summed E-state index contributed by atoms with van der Waals surface area (Å²) in [7, 11) is 0.